The Balaban J connectivity index is 3.13. The molecule has 2 N–H and O–H groups in total. The molecule has 0 amide bonds. The second-order valence-electron chi connectivity index (χ2n) is 5.92. The minimum atomic E-state index is -1.34. The van der Waals surface area contributed by atoms with Crippen LogP contribution in [0.1, 0.15) is 41.5 Å². The third-order valence-corrected chi connectivity index (χ3v) is 2.85. The Bertz CT molecular complexity index is 315. The third-order valence-electron chi connectivity index (χ3n) is 2.85. The lowest BCUT2D eigenvalue weighted by molar-refractivity contribution is -0.174. The summed E-state index contributed by atoms with van der Waals surface area (Å²) in [4.78, 5) is 0. The van der Waals surface area contributed by atoms with E-state index in [-0.39, 0.29) is 6.61 Å². The van der Waals surface area contributed by atoms with E-state index < -0.39 is 23.1 Å². The first-order valence-corrected chi connectivity index (χ1v) is 5.90. The summed E-state index contributed by atoms with van der Waals surface area (Å²) in [5.74, 6) is -0.773. The molecule has 1 rings (SSSR count). The zero-order chi connectivity index (χ0) is 13.5. The molecule has 0 bridgehead atoms. The fraction of sp³-hybridized carbons (Fsp3) is 0.846. The zero-order valence-electron chi connectivity index (χ0n) is 11.6. The van der Waals surface area contributed by atoms with Gasteiger partial charge in [-0.1, -0.05) is 11.6 Å². The Hall–Kier alpha value is -0.420. The molecular formula is C13H24O4. The van der Waals surface area contributed by atoms with Crippen molar-refractivity contribution in [3.05, 3.63) is 11.6 Å². The smallest absolute Gasteiger partial charge is 0.164 e. The van der Waals surface area contributed by atoms with Crippen molar-refractivity contribution < 1.29 is 19.7 Å². The molecule has 100 valence electrons. The molecule has 1 fully saturated rings. The largest absolute Gasteiger partial charge is 0.393 e. The van der Waals surface area contributed by atoms with E-state index >= 15 is 0 Å². The quantitative estimate of drug-likeness (QED) is 0.740. The van der Waals surface area contributed by atoms with Gasteiger partial charge in [0.15, 0.2) is 5.79 Å². The molecule has 4 nitrogen and oxygen atoms in total. The fourth-order valence-corrected chi connectivity index (χ4v) is 2.51. The highest BCUT2D eigenvalue weighted by atomic mass is 16.8. The Kier molecular flexibility index (Phi) is 3.75. The Morgan fingerprint density at radius 1 is 1.35 bits per heavy atom. The van der Waals surface area contributed by atoms with Crippen LogP contribution in [-0.2, 0) is 9.47 Å². The van der Waals surface area contributed by atoms with Gasteiger partial charge in [-0.15, -0.1) is 0 Å². The molecular weight excluding hydrogens is 220 g/mol. The first kappa shape index (κ1) is 14.6. The minimum Gasteiger partial charge on any atom is -0.393 e. The lowest BCUT2D eigenvalue weighted by Gasteiger charge is -2.35. The number of hydrogen-bond acceptors (Lipinski definition) is 4. The summed E-state index contributed by atoms with van der Waals surface area (Å²) in [6.45, 7) is 10.6. The van der Waals surface area contributed by atoms with Crippen LogP contribution in [0.25, 0.3) is 0 Å². The summed E-state index contributed by atoms with van der Waals surface area (Å²) in [5, 5.41) is 19.5. The highest BCUT2D eigenvalue weighted by molar-refractivity contribution is 5.16. The van der Waals surface area contributed by atoms with E-state index in [0.29, 0.717) is 0 Å². The molecule has 0 aromatic heterocycles. The van der Waals surface area contributed by atoms with Crippen molar-refractivity contribution in [2.24, 2.45) is 0 Å². The van der Waals surface area contributed by atoms with Gasteiger partial charge < -0.3 is 19.7 Å². The van der Waals surface area contributed by atoms with Crippen LogP contribution >= 0.6 is 0 Å². The van der Waals surface area contributed by atoms with Crippen LogP contribution in [0, 0.1) is 0 Å². The van der Waals surface area contributed by atoms with Crippen LogP contribution in [0.15, 0.2) is 11.6 Å². The summed E-state index contributed by atoms with van der Waals surface area (Å²) in [5.41, 5.74) is -1.00. The molecule has 17 heavy (non-hydrogen) atoms. The molecule has 4 heteroatoms. The van der Waals surface area contributed by atoms with Gasteiger partial charge in [0.1, 0.15) is 17.3 Å². The molecule has 0 saturated carbocycles. The first-order valence-electron chi connectivity index (χ1n) is 5.90. The van der Waals surface area contributed by atoms with Crippen molar-refractivity contribution in [1.82, 2.24) is 0 Å². The molecule has 1 saturated heterocycles. The predicted octanol–water partition coefficient (Wildman–Crippen LogP) is 1.61. The van der Waals surface area contributed by atoms with Crippen molar-refractivity contribution in [2.75, 3.05) is 6.61 Å². The number of ether oxygens (including phenoxy) is 2. The lowest BCUT2D eigenvalue weighted by atomic mass is 9.85. The van der Waals surface area contributed by atoms with Crippen molar-refractivity contribution >= 4 is 0 Å². The number of allylic oxidation sites excluding steroid dienone is 1. The van der Waals surface area contributed by atoms with Gasteiger partial charge in [-0.3, -0.25) is 0 Å². The second kappa shape index (κ2) is 4.35. The number of hydrogen-bond donors (Lipinski definition) is 2. The third kappa shape index (κ3) is 3.07. The Labute approximate surface area is 103 Å². The fourth-order valence-electron chi connectivity index (χ4n) is 2.51. The highest BCUT2D eigenvalue weighted by Crippen LogP contribution is 2.42. The minimum absolute atomic E-state index is 0.372. The van der Waals surface area contributed by atoms with Gasteiger partial charge in [-0.25, -0.2) is 0 Å². The van der Waals surface area contributed by atoms with Crippen LogP contribution < -0.4 is 0 Å². The maximum atomic E-state index is 10.2. The van der Waals surface area contributed by atoms with Crippen LogP contribution in [0.3, 0.4) is 0 Å². The van der Waals surface area contributed by atoms with Crippen molar-refractivity contribution in [1.29, 1.82) is 0 Å². The molecule has 0 aromatic carbocycles. The summed E-state index contributed by atoms with van der Waals surface area (Å²) in [6, 6.07) is 0. The maximum absolute atomic E-state index is 10.2. The lowest BCUT2D eigenvalue weighted by Crippen LogP contribution is -2.53. The summed E-state index contributed by atoms with van der Waals surface area (Å²) in [7, 11) is 0. The van der Waals surface area contributed by atoms with Crippen LogP contribution in [-0.4, -0.2) is 39.9 Å². The van der Waals surface area contributed by atoms with Crippen LogP contribution in [0.4, 0.5) is 0 Å². The second-order valence-corrected chi connectivity index (χ2v) is 5.92. The molecule has 1 aliphatic rings. The highest BCUT2D eigenvalue weighted by Gasteiger charge is 2.55. The first-order chi connectivity index (χ1) is 7.52. The molecule has 1 heterocycles. The monoisotopic (exact) mass is 244 g/mol. The van der Waals surface area contributed by atoms with Crippen molar-refractivity contribution in [3.63, 3.8) is 0 Å². The number of rotatable bonds is 3. The molecule has 0 spiro atoms. The van der Waals surface area contributed by atoms with Gasteiger partial charge in [0.2, 0.25) is 0 Å². The van der Waals surface area contributed by atoms with E-state index in [9.17, 15) is 10.2 Å². The summed E-state index contributed by atoms with van der Waals surface area (Å²) >= 11 is 0. The van der Waals surface area contributed by atoms with Gasteiger partial charge in [-0.2, -0.15) is 0 Å². The standard InChI is InChI=1S/C13H24O4/c1-9(2)7-13(6)10(12(5,15)8-14)16-11(3,4)17-13/h7,10,14-15H,8H2,1-6H3/t10-,12-,13+/m1/s1. The van der Waals surface area contributed by atoms with Gasteiger partial charge in [0.25, 0.3) is 0 Å². The van der Waals surface area contributed by atoms with E-state index in [1.807, 2.05) is 26.8 Å². The topological polar surface area (TPSA) is 58.9 Å². The van der Waals surface area contributed by atoms with Gasteiger partial charge in [0, 0.05) is 0 Å². The normalized spacial score (nSPS) is 35.4. The van der Waals surface area contributed by atoms with E-state index in [2.05, 4.69) is 0 Å². The maximum Gasteiger partial charge on any atom is 0.164 e. The van der Waals surface area contributed by atoms with E-state index in [4.69, 9.17) is 9.47 Å². The van der Waals surface area contributed by atoms with E-state index in [0.717, 1.165) is 5.57 Å². The summed E-state index contributed by atoms with van der Waals surface area (Å²) in [6.07, 6.45) is 1.32. The van der Waals surface area contributed by atoms with Crippen LogP contribution in [0.5, 0.6) is 0 Å². The van der Waals surface area contributed by atoms with Crippen LogP contribution in [0.2, 0.25) is 0 Å². The molecule has 0 aliphatic carbocycles. The molecule has 0 aromatic rings. The Morgan fingerprint density at radius 3 is 2.29 bits per heavy atom. The van der Waals surface area contributed by atoms with Gasteiger partial charge in [0.05, 0.1) is 6.61 Å². The molecule has 0 unspecified atom stereocenters. The SMILES string of the molecule is CC(C)=C[C@]1(C)OC(C)(C)O[C@@H]1[C@](C)(O)CO. The Morgan fingerprint density at radius 2 is 1.88 bits per heavy atom. The number of aliphatic hydroxyl groups is 2. The van der Waals surface area contributed by atoms with Crippen molar-refractivity contribution in [3.8, 4) is 0 Å². The zero-order valence-corrected chi connectivity index (χ0v) is 11.6. The van der Waals surface area contributed by atoms with Crippen molar-refractivity contribution in [2.45, 2.75) is 64.6 Å². The van der Waals surface area contributed by atoms with E-state index in [1.54, 1.807) is 20.8 Å². The number of aliphatic hydroxyl groups excluding tert-OH is 1. The average molecular weight is 244 g/mol. The van der Waals surface area contributed by atoms with E-state index in [1.165, 1.54) is 0 Å². The molecule has 0 radical (unpaired) electrons. The van der Waals surface area contributed by atoms with Gasteiger partial charge in [-0.05, 0) is 41.5 Å². The average Bonchev–Trinajstić information content (AvgIpc) is 2.35. The predicted molar refractivity (Wildman–Crippen MR) is 65.6 cm³/mol. The summed E-state index contributed by atoms with van der Waals surface area (Å²) < 4.78 is 11.6. The molecule has 1 aliphatic heterocycles. The molecule has 3 atom stereocenters. The van der Waals surface area contributed by atoms with Gasteiger partial charge >= 0.3 is 0 Å².